The molecule has 0 saturated heterocycles. The van der Waals surface area contributed by atoms with Crippen LogP contribution in [-0.4, -0.2) is 34.4 Å². The molecule has 0 amide bonds. The highest BCUT2D eigenvalue weighted by molar-refractivity contribution is 7.99. The molecule has 0 radical (unpaired) electrons. The molecule has 0 saturated carbocycles. The van der Waals surface area contributed by atoms with Gasteiger partial charge in [0.1, 0.15) is 18.1 Å². The van der Waals surface area contributed by atoms with Crippen molar-refractivity contribution >= 4 is 22.5 Å². The molecule has 0 heterocycles. The van der Waals surface area contributed by atoms with Gasteiger partial charge < -0.3 is 14.9 Å². The van der Waals surface area contributed by atoms with Gasteiger partial charge in [0, 0.05) is 11.1 Å². The highest BCUT2D eigenvalue weighted by atomic mass is 32.2. The lowest BCUT2D eigenvalue weighted by molar-refractivity contribution is 0.126. The smallest absolute Gasteiger partial charge is 0.123 e. The molecule has 0 aliphatic carbocycles. The lowest BCUT2D eigenvalue weighted by atomic mass is 10.0. The van der Waals surface area contributed by atoms with Gasteiger partial charge in [-0.2, -0.15) is 11.8 Å². The average Bonchev–Trinajstić information content (AvgIpc) is 2.65. The van der Waals surface area contributed by atoms with Crippen LogP contribution in [-0.2, 0) is 6.42 Å². The summed E-state index contributed by atoms with van der Waals surface area (Å²) in [6.45, 7) is 0.305. The van der Waals surface area contributed by atoms with Gasteiger partial charge >= 0.3 is 0 Å². The predicted molar refractivity (Wildman–Crippen MR) is 105 cm³/mol. The number of fused-ring (bicyclic) bond motifs is 1. The maximum Gasteiger partial charge on any atom is 0.123 e. The molecule has 25 heavy (non-hydrogen) atoms. The minimum absolute atomic E-state index is 0.305. The van der Waals surface area contributed by atoms with E-state index in [1.165, 1.54) is 5.56 Å². The lowest BCUT2D eigenvalue weighted by Crippen LogP contribution is -2.20. The van der Waals surface area contributed by atoms with E-state index in [1.807, 2.05) is 54.6 Å². The van der Waals surface area contributed by atoms with Gasteiger partial charge in [0.05, 0.1) is 6.10 Å². The van der Waals surface area contributed by atoms with E-state index in [4.69, 9.17) is 4.74 Å². The highest BCUT2D eigenvalue weighted by Crippen LogP contribution is 2.27. The Labute approximate surface area is 152 Å². The molecule has 0 aliphatic rings. The van der Waals surface area contributed by atoms with Gasteiger partial charge in [-0.05, 0) is 41.3 Å². The van der Waals surface area contributed by atoms with Crippen molar-refractivity contribution < 1.29 is 14.9 Å². The fourth-order valence-corrected chi connectivity index (χ4v) is 3.63. The van der Waals surface area contributed by atoms with Gasteiger partial charge in [0.2, 0.25) is 0 Å². The van der Waals surface area contributed by atoms with Crippen LogP contribution in [0.4, 0.5) is 0 Å². The minimum Gasteiger partial charge on any atom is -0.507 e. The van der Waals surface area contributed by atoms with Crippen LogP contribution in [0.25, 0.3) is 10.8 Å². The first-order chi connectivity index (χ1) is 12.2. The molecule has 3 aromatic rings. The molecule has 0 aliphatic heterocycles. The second-order valence-corrected chi connectivity index (χ2v) is 7.04. The van der Waals surface area contributed by atoms with Crippen LogP contribution in [0.5, 0.6) is 11.5 Å². The number of phenols is 1. The zero-order valence-corrected chi connectivity index (χ0v) is 14.8. The van der Waals surface area contributed by atoms with Gasteiger partial charge in [-0.1, -0.05) is 48.5 Å². The Hall–Kier alpha value is -2.17. The summed E-state index contributed by atoms with van der Waals surface area (Å²) in [4.78, 5) is 0. The largest absolute Gasteiger partial charge is 0.507 e. The standard InChI is InChI=1S/C21H22O3S/c22-17(14-24-18-7-2-1-3-8-18)15-25-13-12-16-6-4-10-20-19(16)9-5-11-21(20)23/h1-11,17,22-23H,12-15H2. The van der Waals surface area contributed by atoms with Crippen molar-refractivity contribution in [1.82, 2.24) is 0 Å². The van der Waals surface area contributed by atoms with Crippen molar-refractivity contribution in [3.63, 3.8) is 0 Å². The molecule has 2 N–H and O–H groups in total. The van der Waals surface area contributed by atoms with E-state index in [2.05, 4.69) is 6.07 Å². The zero-order chi connectivity index (χ0) is 17.5. The quantitative estimate of drug-likeness (QED) is 0.594. The van der Waals surface area contributed by atoms with Crippen LogP contribution in [0, 0.1) is 0 Å². The predicted octanol–water partition coefficient (Wildman–Crippen LogP) is 4.26. The van der Waals surface area contributed by atoms with E-state index >= 15 is 0 Å². The number of para-hydroxylation sites is 1. The Bertz CT molecular complexity index is 805. The van der Waals surface area contributed by atoms with E-state index in [-0.39, 0.29) is 0 Å². The molecule has 130 valence electrons. The highest BCUT2D eigenvalue weighted by Gasteiger charge is 2.07. The van der Waals surface area contributed by atoms with E-state index in [1.54, 1.807) is 17.8 Å². The number of rotatable bonds is 8. The number of phenolic OH excluding ortho intramolecular Hbond substituents is 1. The first-order valence-corrected chi connectivity index (χ1v) is 9.53. The molecule has 0 fully saturated rings. The van der Waals surface area contributed by atoms with Gasteiger partial charge in [-0.3, -0.25) is 0 Å². The zero-order valence-electron chi connectivity index (χ0n) is 14.0. The summed E-state index contributed by atoms with van der Waals surface area (Å²) in [6.07, 6.45) is 0.416. The van der Waals surface area contributed by atoms with E-state index in [9.17, 15) is 10.2 Å². The maximum atomic E-state index is 10.0. The molecule has 0 aromatic heterocycles. The summed E-state index contributed by atoms with van der Waals surface area (Å²) in [5.74, 6) is 2.66. The number of aliphatic hydroxyl groups excluding tert-OH is 1. The number of thioether (sulfide) groups is 1. The second-order valence-electron chi connectivity index (χ2n) is 5.89. The minimum atomic E-state index is -0.484. The average molecular weight is 354 g/mol. The van der Waals surface area contributed by atoms with Crippen molar-refractivity contribution in [2.75, 3.05) is 18.1 Å². The molecule has 3 rings (SSSR count). The summed E-state index contributed by atoms with van der Waals surface area (Å²) >= 11 is 1.71. The molecule has 1 unspecified atom stereocenters. The van der Waals surface area contributed by atoms with Gasteiger partial charge in [-0.15, -0.1) is 0 Å². The number of benzene rings is 3. The molecular formula is C21H22O3S. The molecule has 3 nitrogen and oxygen atoms in total. The fraction of sp³-hybridized carbons (Fsp3) is 0.238. The number of hydrogen-bond donors (Lipinski definition) is 2. The summed E-state index contributed by atoms with van der Waals surface area (Å²) in [5.41, 5.74) is 1.22. The fourth-order valence-electron chi connectivity index (χ4n) is 2.74. The number of hydrogen-bond acceptors (Lipinski definition) is 4. The summed E-state index contributed by atoms with van der Waals surface area (Å²) in [5, 5.41) is 22.0. The molecule has 4 heteroatoms. The van der Waals surface area contributed by atoms with Crippen molar-refractivity contribution in [2.45, 2.75) is 12.5 Å². The second kappa shape index (κ2) is 8.79. The van der Waals surface area contributed by atoms with Gasteiger partial charge in [-0.25, -0.2) is 0 Å². The summed E-state index contributed by atoms with van der Waals surface area (Å²) in [6, 6.07) is 21.2. The number of aryl methyl sites for hydroxylation is 1. The van der Waals surface area contributed by atoms with Crippen LogP contribution in [0.2, 0.25) is 0 Å². The van der Waals surface area contributed by atoms with Gasteiger partial charge in [0.15, 0.2) is 0 Å². The molecule has 1 atom stereocenters. The normalized spacial score (nSPS) is 12.2. The first-order valence-electron chi connectivity index (χ1n) is 8.37. The number of aromatic hydroxyl groups is 1. The Balaban J connectivity index is 1.45. The van der Waals surface area contributed by atoms with E-state index < -0.39 is 6.10 Å². The third-order valence-electron chi connectivity index (χ3n) is 4.00. The Kier molecular flexibility index (Phi) is 6.20. The monoisotopic (exact) mass is 354 g/mol. The third kappa shape index (κ3) is 4.91. The van der Waals surface area contributed by atoms with E-state index in [0.717, 1.165) is 28.7 Å². The van der Waals surface area contributed by atoms with E-state index in [0.29, 0.717) is 18.1 Å². The van der Waals surface area contributed by atoms with Gasteiger partial charge in [0.25, 0.3) is 0 Å². The first kappa shape index (κ1) is 17.6. The van der Waals surface area contributed by atoms with Crippen molar-refractivity contribution in [2.24, 2.45) is 0 Å². The Morgan fingerprint density at radius 2 is 1.64 bits per heavy atom. The van der Waals surface area contributed by atoms with Crippen molar-refractivity contribution in [3.05, 3.63) is 72.3 Å². The maximum absolute atomic E-state index is 10.0. The molecule has 0 bridgehead atoms. The van der Waals surface area contributed by atoms with Crippen molar-refractivity contribution in [1.29, 1.82) is 0 Å². The SMILES string of the molecule is Oc1cccc2c(CCSCC(O)COc3ccccc3)cccc12. The Morgan fingerprint density at radius 1 is 0.880 bits per heavy atom. The van der Waals surface area contributed by atoms with Crippen LogP contribution in [0.1, 0.15) is 5.56 Å². The molecule has 3 aromatic carbocycles. The summed E-state index contributed by atoms with van der Waals surface area (Å²) < 4.78 is 5.56. The molecule has 0 spiro atoms. The number of aliphatic hydroxyl groups is 1. The summed E-state index contributed by atoms with van der Waals surface area (Å²) in [7, 11) is 0. The lowest BCUT2D eigenvalue weighted by Gasteiger charge is -2.12. The third-order valence-corrected chi connectivity index (χ3v) is 5.11. The number of ether oxygens (including phenoxy) is 1. The van der Waals surface area contributed by atoms with Crippen molar-refractivity contribution in [3.8, 4) is 11.5 Å². The van der Waals surface area contributed by atoms with Crippen LogP contribution >= 0.6 is 11.8 Å². The Morgan fingerprint density at radius 3 is 2.48 bits per heavy atom. The topological polar surface area (TPSA) is 49.7 Å². The van der Waals surface area contributed by atoms with Crippen LogP contribution in [0.15, 0.2) is 66.7 Å². The van der Waals surface area contributed by atoms with Crippen LogP contribution in [0.3, 0.4) is 0 Å². The van der Waals surface area contributed by atoms with Crippen LogP contribution < -0.4 is 4.74 Å². The molecular weight excluding hydrogens is 332 g/mol.